The number of aryl methyl sites for hydroxylation is 1. The van der Waals surface area contributed by atoms with Gasteiger partial charge in [0.05, 0.1) is 5.41 Å². The molecule has 230 valence electrons. The van der Waals surface area contributed by atoms with E-state index in [2.05, 4.69) is 55.7 Å². The average Bonchev–Trinajstić information content (AvgIpc) is 3.56. The van der Waals surface area contributed by atoms with E-state index in [1.165, 1.54) is 5.56 Å². The molecule has 2 atom stereocenters. The Labute approximate surface area is 261 Å². The van der Waals surface area contributed by atoms with Crippen molar-refractivity contribution in [3.63, 3.8) is 0 Å². The largest absolute Gasteiger partial charge is 0.341 e. The molecule has 3 aromatic carbocycles. The number of amides is 3. The highest BCUT2D eigenvalue weighted by Gasteiger charge is 2.38. The van der Waals surface area contributed by atoms with E-state index in [0.29, 0.717) is 24.8 Å². The van der Waals surface area contributed by atoms with Crippen molar-refractivity contribution in [1.82, 2.24) is 15.5 Å². The number of carbonyl (C=O) groups is 3. The van der Waals surface area contributed by atoms with Gasteiger partial charge in [-0.1, -0.05) is 101 Å². The number of hydrogen-bond acceptors (Lipinski definition) is 3. The number of carbonyl (C=O) groups excluding carboxylic acids is 3. The zero-order valence-corrected chi connectivity index (χ0v) is 26.7. The van der Waals surface area contributed by atoms with Crippen LogP contribution in [0.1, 0.15) is 92.9 Å². The number of hydrogen-bond donors (Lipinski definition) is 2. The molecule has 0 aromatic heterocycles. The molecule has 6 nitrogen and oxygen atoms in total. The van der Waals surface area contributed by atoms with Gasteiger partial charge < -0.3 is 15.5 Å². The van der Waals surface area contributed by atoms with Gasteiger partial charge in [0.1, 0.15) is 6.04 Å². The lowest BCUT2D eigenvalue weighted by atomic mass is 9.76. The molecule has 0 spiro atoms. The first kappa shape index (κ1) is 31.2. The first-order valence-electron chi connectivity index (χ1n) is 15.8. The molecule has 1 aliphatic heterocycles. The van der Waals surface area contributed by atoms with Crippen molar-refractivity contribution in [2.24, 2.45) is 5.41 Å². The highest BCUT2D eigenvalue weighted by molar-refractivity contribution is 6.02. The van der Waals surface area contributed by atoms with E-state index in [0.717, 1.165) is 53.9 Å². The third kappa shape index (κ3) is 6.80. The minimum Gasteiger partial charge on any atom is -0.341 e. The Balaban J connectivity index is 1.29. The van der Waals surface area contributed by atoms with Gasteiger partial charge in [-0.3, -0.25) is 14.4 Å². The second kappa shape index (κ2) is 12.8. The van der Waals surface area contributed by atoms with Crippen LogP contribution in [0.5, 0.6) is 0 Å². The molecule has 0 saturated carbocycles. The summed E-state index contributed by atoms with van der Waals surface area (Å²) in [7, 11) is 0. The highest BCUT2D eigenvalue weighted by atomic mass is 16.2. The summed E-state index contributed by atoms with van der Waals surface area (Å²) in [5, 5.41) is 6.24. The summed E-state index contributed by atoms with van der Waals surface area (Å²) in [5.41, 5.74) is 5.85. The van der Waals surface area contributed by atoms with Crippen LogP contribution in [0.15, 0.2) is 84.6 Å². The average molecular weight is 592 g/mol. The Bertz CT molecular complexity index is 1550. The van der Waals surface area contributed by atoms with Gasteiger partial charge in [-0.25, -0.2) is 0 Å². The number of rotatable bonds is 7. The second-order valence-corrected chi connectivity index (χ2v) is 13.6. The van der Waals surface area contributed by atoms with Crippen LogP contribution in [0.2, 0.25) is 0 Å². The van der Waals surface area contributed by atoms with Gasteiger partial charge in [-0.05, 0) is 78.3 Å². The second-order valence-electron chi connectivity index (χ2n) is 13.6. The molecular weight excluding hydrogens is 546 g/mol. The van der Waals surface area contributed by atoms with Crippen molar-refractivity contribution in [2.45, 2.75) is 78.2 Å². The van der Waals surface area contributed by atoms with Crippen LogP contribution in [0.4, 0.5) is 0 Å². The van der Waals surface area contributed by atoms with Crippen LogP contribution in [0, 0.1) is 12.3 Å². The number of nitrogens with one attached hydrogen (secondary N) is 2. The van der Waals surface area contributed by atoms with Crippen molar-refractivity contribution in [3.8, 4) is 11.1 Å². The Kier molecular flexibility index (Phi) is 9.10. The Hall–Kier alpha value is -4.19. The third-order valence-corrected chi connectivity index (χ3v) is 9.20. The lowest BCUT2D eigenvalue weighted by molar-refractivity contribution is -0.139. The summed E-state index contributed by atoms with van der Waals surface area (Å²) in [6.45, 7) is 12.0. The van der Waals surface area contributed by atoms with Crippen LogP contribution >= 0.6 is 0 Å². The van der Waals surface area contributed by atoms with Gasteiger partial charge in [-0.2, -0.15) is 0 Å². The van der Waals surface area contributed by atoms with E-state index in [1.807, 2.05) is 73.4 Å². The molecule has 5 rings (SSSR count). The third-order valence-electron chi connectivity index (χ3n) is 9.20. The molecule has 1 heterocycles. The number of benzene rings is 3. The highest BCUT2D eigenvalue weighted by Crippen LogP contribution is 2.36. The summed E-state index contributed by atoms with van der Waals surface area (Å²) in [6, 6.07) is 23.1. The molecule has 0 radical (unpaired) electrons. The fraction of sp³-hybridized carbons (Fsp3) is 0.395. The first-order valence-corrected chi connectivity index (χ1v) is 15.8. The normalized spacial score (nSPS) is 19.2. The monoisotopic (exact) mass is 591 g/mol. The van der Waals surface area contributed by atoms with E-state index in [9.17, 15) is 14.4 Å². The Morgan fingerprint density at radius 1 is 0.886 bits per heavy atom. The predicted molar refractivity (Wildman–Crippen MR) is 176 cm³/mol. The van der Waals surface area contributed by atoms with Gasteiger partial charge in [0.15, 0.2) is 0 Å². The standard InChI is InChI=1S/C38H45N3O3/c1-26-12-11-15-31(32(26)27-16-18-29(19-17-27)37(2,3)4)34(42)39-30-20-22-38(5,23-21-30)36(44)40-33(28-13-7-6-8-14-28)35(43)41-24-9-10-25-41/h6-8,11-20,33H,9-10,21-25H2,1-5H3,(H,39,42)(H,40,44)/t33-,38?/m0/s1. The molecule has 1 fully saturated rings. The first-order chi connectivity index (χ1) is 21.0. The van der Waals surface area contributed by atoms with Crippen LogP contribution in [-0.2, 0) is 15.0 Å². The van der Waals surface area contributed by atoms with Crippen molar-refractivity contribution in [3.05, 3.63) is 107 Å². The van der Waals surface area contributed by atoms with Crippen molar-refractivity contribution >= 4 is 17.7 Å². The van der Waals surface area contributed by atoms with Crippen molar-refractivity contribution < 1.29 is 14.4 Å². The molecular formula is C38H45N3O3. The van der Waals surface area contributed by atoms with E-state index in [-0.39, 0.29) is 23.1 Å². The SMILES string of the molecule is Cc1cccc(C(=O)NC2=CCC(C)(C(=O)N[C@H](C(=O)N3CCCC3)c3ccccc3)CC2)c1-c1ccc(C(C)(C)C)cc1. The van der Waals surface area contributed by atoms with Gasteiger partial charge in [0.2, 0.25) is 11.8 Å². The lowest BCUT2D eigenvalue weighted by Crippen LogP contribution is -2.47. The fourth-order valence-electron chi connectivity index (χ4n) is 6.23. The molecule has 44 heavy (non-hydrogen) atoms. The van der Waals surface area contributed by atoms with Crippen molar-refractivity contribution in [1.29, 1.82) is 0 Å². The van der Waals surface area contributed by atoms with Gasteiger partial charge in [0, 0.05) is 24.4 Å². The number of nitrogens with zero attached hydrogens (tertiary/aromatic N) is 1. The Morgan fingerprint density at radius 3 is 2.18 bits per heavy atom. The number of allylic oxidation sites excluding steroid dienone is 2. The predicted octanol–water partition coefficient (Wildman–Crippen LogP) is 7.24. The maximum absolute atomic E-state index is 13.7. The quantitative estimate of drug-likeness (QED) is 0.304. The topological polar surface area (TPSA) is 78.5 Å². The summed E-state index contributed by atoms with van der Waals surface area (Å²) in [6.07, 6.45) is 5.56. The summed E-state index contributed by atoms with van der Waals surface area (Å²) < 4.78 is 0. The molecule has 6 heteroatoms. The summed E-state index contributed by atoms with van der Waals surface area (Å²) in [4.78, 5) is 42.6. The van der Waals surface area contributed by atoms with E-state index < -0.39 is 11.5 Å². The van der Waals surface area contributed by atoms with Crippen LogP contribution in [-0.4, -0.2) is 35.7 Å². The maximum Gasteiger partial charge on any atom is 0.256 e. The maximum atomic E-state index is 13.7. The molecule has 2 aliphatic rings. The lowest BCUT2D eigenvalue weighted by Gasteiger charge is -2.34. The van der Waals surface area contributed by atoms with Crippen LogP contribution in [0.3, 0.4) is 0 Å². The molecule has 3 amide bonds. The van der Waals surface area contributed by atoms with Gasteiger partial charge in [0.25, 0.3) is 5.91 Å². The van der Waals surface area contributed by atoms with Crippen molar-refractivity contribution in [2.75, 3.05) is 13.1 Å². The molecule has 0 bridgehead atoms. The Morgan fingerprint density at radius 2 is 1.57 bits per heavy atom. The summed E-state index contributed by atoms with van der Waals surface area (Å²) in [5.74, 6) is -0.338. The van der Waals surface area contributed by atoms with E-state index in [1.54, 1.807) is 0 Å². The van der Waals surface area contributed by atoms with Crippen LogP contribution in [0.25, 0.3) is 11.1 Å². The molecule has 1 saturated heterocycles. The number of likely N-dealkylation sites (tertiary alicyclic amines) is 1. The minimum absolute atomic E-state index is 0.0491. The molecule has 1 unspecified atom stereocenters. The van der Waals surface area contributed by atoms with E-state index >= 15 is 0 Å². The smallest absolute Gasteiger partial charge is 0.256 e. The molecule has 2 N–H and O–H groups in total. The minimum atomic E-state index is -0.707. The van der Waals surface area contributed by atoms with Gasteiger partial charge >= 0.3 is 0 Å². The molecule has 3 aromatic rings. The van der Waals surface area contributed by atoms with Crippen LogP contribution < -0.4 is 10.6 Å². The van der Waals surface area contributed by atoms with Gasteiger partial charge in [-0.15, -0.1) is 0 Å². The van der Waals surface area contributed by atoms with E-state index in [4.69, 9.17) is 0 Å². The zero-order valence-electron chi connectivity index (χ0n) is 26.7. The molecule has 1 aliphatic carbocycles. The zero-order chi connectivity index (χ0) is 31.5. The summed E-state index contributed by atoms with van der Waals surface area (Å²) >= 11 is 0. The fourth-order valence-corrected chi connectivity index (χ4v) is 6.23.